The Hall–Kier alpha value is -0.0800. The Kier molecular flexibility index (Phi) is 1.58. The molecule has 4 rings (SSSR count). The Bertz CT molecular complexity index is 230. The lowest BCUT2D eigenvalue weighted by Crippen LogP contribution is -2.44. The fourth-order valence-corrected chi connectivity index (χ4v) is 4.22. The fourth-order valence-electron chi connectivity index (χ4n) is 4.22. The number of aliphatic hydroxyl groups is 1. The predicted octanol–water partition coefficient (Wildman–Crippen LogP) is 1.27. The summed E-state index contributed by atoms with van der Waals surface area (Å²) in [6, 6.07) is 0.379. The Labute approximate surface area is 79.5 Å². The van der Waals surface area contributed by atoms with Crippen molar-refractivity contribution in [2.45, 2.75) is 50.2 Å². The van der Waals surface area contributed by atoms with E-state index in [0.29, 0.717) is 12.0 Å². The second-order valence-corrected chi connectivity index (χ2v) is 5.70. The molecule has 2 heteroatoms. The molecule has 0 aromatic rings. The lowest BCUT2D eigenvalue weighted by Gasteiger charge is -2.45. The van der Waals surface area contributed by atoms with Crippen LogP contribution in [0.15, 0.2) is 0 Å². The maximum atomic E-state index is 10.3. The van der Waals surface area contributed by atoms with E-state index in [9.17, 15) is 5.11 Å². The zero-order chi connectivity index (χ0) is 9.05. The van der Waals surface area contributed by atoms with Crippen LogP contribution in [-0.2, 0) is 0 Å². The number of nitrogens with two attached hydrogens (primary N) is 1. The van der Waals surface area contributed by atoms with Crippen molar-refractivity contribution in [2.75, 3.05) is 0 Å². The average Bonchev–Trinajstić information content (AvgIpc) is 2.12. The van der Waals surface area contributed by atoms with E-state index in [-0.39, 0.29) is 5.60 Å². The van der Waals surface area contributed by atoms with Gasteiger partial charge in [0.1, 0.15) is 0 Å². The van der Waals surface area contributed by atoms with Crippen LogP contribution in [0, 0.1) is 17.8 Å². The van der Waals surface area contributed by atoms with Crippen LogP contribution in [0.4, 0.5) is 0 Å². The Morgan fingerprint density at radius 3 is 2.38 bits per heavy atom. The Morgan fingerprint density at radius 1 is 1.00 bits per heavy atom. The van der Waals surface area contributed by atoms with Crippen LogP contribution in [0.5, 0.6) is 0 Å². The molecule has 4 saturated carbocycles. The molecular formula is C11H19NO. The second kappa shape index (κ2) is 2.48. The number of hydrogen-bond donors (Lipinski definition) is 2. The van der Waals surface area contributed by atoms with Gasteiger partial charge in [-0.05, 0) is 56.3 Å². The van der Waals surface area contributed by atoms with E-state index in [4.69, 9.17) is 5.73 Å². The average molecular weight is 181 g/mol. The molecule has 0 amide bonds. The maximum Gasteiger partial charge on any atom is 0.0656 e. The monoisotopic (exact) mass is 181 g/mol. The van der Waals surface area contributed by atoms with Gasteiger partial charge in [0.15, 0.2) is 0 Å². The normalized spacial score (nSPS) is 59.5. The van der Waals surface area contributed by atoms with Gasteiger partial charge in [0.2, 0.25) is 0 Å². The van der Waals surface area contributed by atoms with E-state index >= 15 is 0 Å². The van der Waals surface area contributed by atoms with Crippen molar-refractivity contribution in [2.24, 2.45) is 23.5 Å². The highest BCUT2D eigenvalue weighted by Crippen LogP contribution is 2.52. The van der Waals surface area contributed by atoms with E-state index in [1.807, 2.05) is 0 Å². The minimum atomic E-state index is -0.315. The van der Waals surface area contributed by atoms with Crippen LogP contribution in [0.2, 0.25) is 0 Å². The highest BCUT2D eigenvalue weighted by atomic mass is 16.3. The topological polar surface area (TPSA) is 46.2 Å². The molecule has 74 valence electrons. The highest BCUT2D eigenvalue weighted by Gasteiger charge is 2.49. The van der Waals surface area contributed by atoms with E-state index in [2.05, 4.69) is 0 Å². The third-order valence-electron chi connectivity index (χ3n) is 4.49. The van der Waals surface area contributed by atoms with Gasteiger partial charge in [0.25, 0.3) is 0 Å². The third-order valence-corrected chi connectivity index (χ3v) is 4.49. The molecule has 13 heavy (non-hydrogen) atoms. The van der Waals surface area contributed by atoms with Crippen molar-refractivity contribution in [1.29, 1.82) is 0 Å². The molecule has 4 fully saturated rings. The summed E-state index contributed by atoms with van der Waals surface area (Å²) >= 11 is 0. The molecular weight excluding hydrogens is 162 g/mol. The van der Waals surface area contributed by atoms with Gasteiger partial charge in [-0.15, -0.1) is 0 Å². The molecule has 0 aromatic heterocycles. The highest BCUT2D eigenvalue weighted by molar-refractivity contribution is 5.02. The van der Waals surface area contributed by atoms with Gasteiger partial charge >= 0.3 is 0 Å². The second-order valence-electron chi connectivity index (χ2n) is 5.70. The molecule has 0 spiro atoms. The van der Waals surface area contributed by atoms with Crippen molar-refractivity contribution in [1.82, 2.24) is 0 Å². The zero-order valence-corrected chi connectivity index (χ0v) is 8.08. The molecule has 0 aliphatic heterocycles. The van der Waals surface area contributed by atoms with Crippen LogP contribution in [-0.4, -0.2) is 16.7 Å². The summed E-state index contributed by atoms with van der Waals surface area (Å²) < 4.78 is 0. The third kappa shape index (κ3) is 1.23. The summed E-state index contributed by atoms with van der Waals surface area (Å²) in [4.78, 5) is 0. The number of rotatable bonds is 0. The van der Waals surface area contributed by atoms with E-state index in [0.717, 1.165) is 31.1 Å². The first-order chi connectivity index (χ1) is 6.15. The van der Waals surface area contributed by atoms with Crippen molar-refractivity contribution in [3.63, 3.8) is 0 Å². The summed E-state index contributed by atoms with van der Waals surface area (Å²) in [5, 5.41) is 10.3. The summed E-state index contributed by atoms with van der Waals surface area (Å²) in [7, 11) is 0. The summed E-state index contributed by atoms with van der Waals surface area (Å²) in [5.41, 5.74) is 5.84. The predicted molar refractivity (Wildman–Crippen MR) is 51.1 cm³/mol. The van der Waals surface area contributed by atoms with E-state index < -0.39 is 0 Å². The minimum Gasteiger partial charge on any atom is -0.390 e. The summed E-state index contributed by atoms with van der Waals surface area (Å²) in [6.07, 6.45) is 6.89. The van der Waals surface area contributed by atoms with Crippen LogP contribution in [0.3, 0.4) is 0 Å². The van der Waals surface area contributed by atoms with Crippen LogP contribution >= 0.6 is 0 Å². The largest absolute Gasteiger partial charge is 0.390 e. The molecule has 3 N–H and O–H groups in total. The molecule has 5 atom stereocenters. The van der Waals surface area contributed by atoms with E-state index in [1.165, 1.54) is 19.3 Å². The van der Waals surface area contributed by atoms with Gasteiger partial charge in [-0.2, -0.15) is 0 Å². The standard InChI is InChI=1S/C11H19NO/c12-10-3-8-1-7-2-9(10)6-11(13,4-7)5-8/h7-10,13H,1-6,12H2. The molecule has 4 bridgehead atoms. The van der Waals surface area contributed by atoms with Crippen LogP contribution in [0.1, 0.15) is 38.5 Å². The van der Waals surface area contributed by atoms with Gasteiger partial charge in [-0.25, -0.2) is 0 Å². The first-order valence-corrected chi connectivity index (χ1v) is 5.63. The summed E-state index contributed by atoms with van der Waals surface area (Å²) in [5.74, 6) is 2.14. The van der Waals surface area contributed by atoms with Gasteiger partial charge in [0.05, 0.1) is 5.60 Å². The molecule has 2 nitrogen and oxygen atoms in total. The van der Waals surface area contributed by atoms with Crippen LogP contribution < -0.4 is 5.73 Å². The fraction of sp³-hybridized carbons (Fsp3) is 1.00. The molecule has 5 unspecified atom stereocenters. The number of hydrogen-bond acceptors (Lipinski definition) is 2. The SMILES string of the molecule is NC1CC2CC3CC1CC(O)(C2)C3. The van der Waals surface area contributed by atoms with Crippen LogP contribution in [0.25, 0.3) is 0 Å². The first kappa shape index (κ1) is 8.25. The van der Waals surface area contributed by atoms with Crippen molar-refractivity contribution >= 4 is 0 Å². The Balaban J connectivity index is 1.95. The molecule has 0 aromatic carbocycles. The van der Waals surface area contributed by atoms with Crippen molar-refractivity contribution < 1.29 is 5.11 Å². The van der Waals surface area contributed by atoms with Gasteiger partial charge in [-0.1, -0.05) is 0 Å². The van der Waals surface area contributed by atoms with Crippen molar-refractivity contribution in [3.8, 4) is 0 Å². The zero-order valence-electron chi connectivity index (χ0n) is 8.08. The van der Waals surface area contributed by atoms with Gasteiger partial charge in [-0.3, -0.25) is 0 Å². The van der Waals surface area contributed by atoms with E-state index in [1.54, 1.807) is 0 Å². The Morgan fingerprint density at radius 2 is 1.69 bits per heavy atom. The number of fused-ring (bicyclic) bond motifs is 1. The smallest absolute Gasteiger partial charge is 0.0656 e. The lowest BCUT2D eigenvalue weighted by atomic mass is 9.65. The van der Waals surface area contributed by atoms with Gasteiger partial charge < -0.3 is 10.8 Å². The lowest BCUT2D eigenvalue weighted by molar-refractivity contribution is -0.0714. The summed E-state index contributed by atoms with van der Waals surface area (Å²) in [6.45, 7) is 0. The molecule has 0 radical (unpaired) electrons. The quantitative estimate of drug-likeness (QED) is 0.591. The molecule has 0 saturated heterocycles. The molecule has 4 aliphatic carbocycles. The first-order valence-electron chi connectivity index (χ1n) is 5.63. The molecule has 0 heterocycles. The molecule has 4 aliphatic rings. The van der Waals surface area contributed by atoms with Gasteiger partial charge in [0, 0.05) is 6.04 Å². The maximum absolute atomic E-state index is 10.3. The minimum absolute atomic E-state index is 0.315. The van der Waals surface area contributed by atoms with Crippen molar-refractivity contribution in [3.05, 3.63) is 0 Å².